The summed E-state index contributed by atoms with van der Waals surface area (Å²) in [5, 5.41) is 6.75. The number of hydrogen-bond donors (Lipinski definition) is 3. The fourth-order valence-electron chi connectivity index (χ4n) is 3.42. The van der Waals surface area contributed by atoms with Crippen molar-refractivity contribution in [3.05, 3.63) is 70.7 Å². The van der Waals surface area contributed by atoms with Gasteiger partial charge < -0.3 is 16.4 Å². The Morgan fingerprint density at radius 2 is 1.81 bits per heavy atom. The quantitative estimate of drug-likeness (QED) is 0.692. The fourth-order valence-corrected chi connectivity index (χ4v) is 3.71. The van der Waals surface area contributed by atoms with Crippen molar-refractivity contribution < 1.29 is 4.79 Å². The van der Waals surface area contributed by atoms with E-state index in [9.17, 15) is 4.79 Å². The smallest absolute Gasteiger partial charge is 0.315 e. The summed E-state index contributed by atoms with van der Waals surface area (Å²) in [4.78, 5) is 12.0. The van der Waals surface area contributed by atoms with Crippen LogP contribution in [0.15, 0.2) is 54.6 Å². The van der Waals surface area contributed by atoms with Crippen molar-refractivity contribution in [2.75, 3.05) is 6.54 Å². The lowest BCUT2D eigenvalue weighted by atomic mass is 9.76. The van der Waals surface area contributed by atoms with E-state index in [4.69, 9.17) is 17.3 Å². The van der Waals surface area contributed by atoms with E-state index < -0.39 is 0 Å². The summed E-state index contributed by atoms with van der Waals surface area (Å²) in [5.74, 6) is 0.438. The summed E-state index contributed by atoms with van der Waals surface area (Å²) >= 11 is 6.23. The molecule has 1 aliphatic rings. The zero-order valence-corrected chi connectivity index (χ0v) is 15.6. The van der Waals surface area contributed by atoms with Crippen molar-refractivity contribution in [1.29, 1.82) is 0 Å². The second-order valence-corrected chi connectivity index (χ2v) is 7.43. The third-order valence-electron chi connectivity index (χ3n) is 4.96. The van der Waals surface area contributed by atoms with Gasteiger partial charge in [-0.25, -0.2) is 4.79 Å². The molecule has 5 heteroatoms. The van der Waals surface area contributed by atoms with Crippen LogP contribution in [0.1, 0.15) is 36.3 Å². The van der Waals surface area contributed by atoms with Crippen molar-refractivity contribution >= 4 is 17.6 Å². The van der Waals surface area contributed by atoms with Gasteiger partial charge in [0.1, 0.15) is 0 Å². The van der Waals surface area contributed by atoms with Crippen molar-refractivity contribution in [3.8, 4) is 0 Å². The molecule has 3 rings (SSSR count). The highest BCUT2D eigenvalue weighted by atomic mass is 35.5. The Kier molecular flexibility index (Phi) is 6.53. The number of carbonyl (C=O) groups excluding carboxylic acids is 1. The SMILES string of the molecule is NC(CCNC(=O)NC1CC(c2ccccc2Cl)C1)Cc1ccccc1. The second-order valence-electron chi connectivity index (χ2n) is 7.03. The molecule has 4 nitrogen and oxygen atoms in total. The van der Waals surface area contributed by atoms with Gasteiger partial charge in [0.2, 0.25) is 0 Å². The average molecular weight is 372 g/mol. The number of nitrogens with one attached hydrogen (secondary N) is 2. The molecule has 0 bridgehead atoms. The van der Waals surface area contributed by atoms with E-state index in [1.807, 2.05) is 36.4 Å². The molecule has 0 spiro atoms. The van der Waals surface area contributed by atoms with E-state index in [-0.39, 0.29) is 18.1 Å². The van der Waals surface area contributed by atoms with Gasteiger partial charge in [-0.2, -0.15) is 0 Å². The standard InChI is InChI=1S/C21H26ClN3O/c22-20-9-5-4-8-19(20)16-13-18(14-16)25-21(26)24-11-10-17(23)12-15-6-2-1-3-7-15/h1-9,16-18H,10-14,23H2,(H2,24,25,26). The van der Waals surface area contributed by atoms with E-state index >= 15 is 0 Å². The van der Waals surface area contributed by atoms with Crippen LogP contribution in [0.4, 0.5) is 4.79 Å². The Hall–Kier alpha value is -2.04. The molecule has 1 aliphatic carbocycles. The van der Waals surface area contributed by atoms with Crippen molar-refractivity contribution in [3.63, 3.8) is 0 Å². The largest absolute Gasteiger partial charge is 0.338 e. The average Bonchev–Trinajstić information content (AvgIpc) is 2.59. The normalized spacial score (nSPS) is 20.1. The Balaban J connectivity index is 1.31. The maximum Gasteiger partial charge on any atom is 0.315 e. The minimum atomic E-state index is -0.112. The van der Waals surface area contributed by atoms with Crippen LogP contribution in [0, 0.1) is 0 Å². The van der Waals surface area contributed by atoms with Crippen LogP contribution in [0.2, 0.25) is 5.02 Å². The van der Waals surface area contributed by atoms with Crippen LogP contribution >= 0.6 is 11.6 Å². The molecule has 2 aromatic carbocycles. The molecule has 1 unspecified atom stereocenters. The van der Waals surface area contributed by atoms with Crippen molar-refractivity contribution in [2.24, 2.45) is 5.73 Å². The van der Waals surface area contributed by atoms with Gasteiger partial charge in [-0.05, 0) is 48.8 Å². The predicted octanol–water partition coefficient (Wildman–Crippen LogP) is 3.85. The minimum absolute atomic E-state index is 0.0472. The molecule has 26 heavy (non-hydrogen) atoms. The van der Waals surface area contributed by atoms with Gasteiger partial charge in [0.15, 0.2) is 0 Å². The molecule has 1 atom stereocenters. The second kappa shape index (κ2) is 9.06. The monoisotopic (exact) mass is 371 g/mol. The summed E-state index contributed by atoms with van der Waals surface area (Å²) < 4.78 is 0. The number of nitrogens with two attached hydrogens (primary N) is 1. The molecule has 0 heterocycles. The zero-order chi connectivity index (χ0) is 18.4. The van der Waals surface area contributed by atoms with Crippen LogP contribution in [0.3, 0.4) is 0 Å². The highest BCUT2D eigenvalue weighted by Crippen LogP contribution is 2.39. The Bertz CT molecular complexity index is 716. The lowest BCUT2D eigenvalue weighted by Crippen LogP contribution is -2.48. The van der Waals surface area contributed by atoms with E-state index in [0.717, 1.165) is 30.7 Å². The first-order valence-electron chi connectivity index (χ1n) is 9.20. The van der Waals surface area contributed by atoms with E-state index in [2.05, 4.69) is 28.8 Å². The van der Waals surface area contributed by atoms with Gasteiger partial charge in [0.25, 0.3) is 0 Å². The number of hydrogen-bond acceptors (Lipinski definition) is 2. The van der Waals surface area contributed by atoms with Crippen molar-refractivity contribution in [1.82, 2.24) is 10.6 Å². The summed E-state index contributed by atoms with van der Waals surface area (Å²) in [6.45, 7) is 0.584. The molecule has 138 valence electrons. The summed E-state index contributed by atoms with van der Waals surface area (Å²) in [7, 11) is 0. The molecule has 0 aromatic heterocycles. The molecule has 1 fully saturated rings. The molecule has 1 saturated carbocycles. The molecule has 2 aromatic rings. The molecule has 0 saturated heterocycles. The van der Waals surface area contributed by atoms with Gasteiger partial charge in [-0.1, -0.05) is 60.1 Å². The van der Waals surface area contributed by atoms with Crippen LogP contribution in [0.5, 0.6) is 0 Å². The number of halogens is 1. The maximum absolute atomic E-state index is 12.0. The number of amides is 2. The zero-order valence-electron chi connectivity index (χ0n) is 14.8. The Morgan fingerprint density at radius 1 is 1.12 bits per heavy atom. The van der Waals surface area contributed by atoms with E-state index in [1.165, 1.54) is 11.1 Å². The summed E-state index contributed by atoms with van der Waals surface area (Å²) in [6, 6.07) is 18.3. The molecule has 0 radical (unpaired) electrons. The van der Waals surface area contributed by atoms with Gasteiger partial charge in [-0.15, -0.1) is 0 Å². The van der Waals surface area contributed by atoms with Crippen molar-refractivity contribution in [2.45, 2.75) is 43.7 Å². The number of carbonyl (C=O) groups is 1. The molecule has 2 amide bonds. The molecule has 0 aliphatic heterocycles. The number of urea groups is 1. The first kappa shape index (κ1) is 18.7. The third-order valence-corrected chi connectivity index (χ3v) is 5.30. The number of rotatable bonds is 7. The van der Waals surface area contributed by atoms with E-state index in [0.29, 0.717) is 12.5 Å². The van der Waals surface area contributed by atoms with Gasteiger partial charge in [-0.3, -0.25) is 0 Å². The predicted molar refractivity (Wildman–Crippen MR) is 106 cm³/mol. The lowest BCUT2D eigenvalue weighted by molar-refractivity contribution is 0.222. The lowest BCUT2D eigenvalue weighted by Gasteiger charge is -2.36. The highest BCUT2D eigenvalue weighted by Gasteiger charge is 2.32. The first-order valence-corrected chi connectivity index (χ1v) is 9.58. The highest BCUT2D eigenvalue weighted by molar-refractivity contribution is 6.31. The van der Waals surface area contributed by atoms with Crippen LogP contribution < -0.4 is 16.4 Å². The maximum atomic E-state index is 12.0. The van der Waals surface area contributed by atoms with Gasteiger partial charge >= 0.3 is 6.03 Å². The van der Waals surface area contributed by atoms with Crippen LogP contribution in [0.25, 0.3) is 0 Å². The van der Waals surface area contributed by atoms with Crippen LogP contribution in [-0.2, 0) is 6.42 Å². The Morgan fingerprint density at radius 3 is 2.54 bits per heavy atom. The molecular weight excluding hydrogens is 346 g/mol. The topological polar surface area (TPSA) is 67.1 Å². The molecular formula is C21H26ClN3O. The fraction of sp³-hybridized carbons (Fsp3) is 0.381. The van der Waals surface area contributed by atoms with E-state index in [1.54, 1.807) is 0 Å². The minimum Gasteiger partial charge on any atom is -0.338 e. The summed E-state index contributed by atoms with van der Waals surface area (Å²) in [5.41, 5.74) is 8.55. The molecule has 4 N–H and O–H groups in total. The first-order chi connectivity index (χ1) is 12.6. The third kappa shape index (κ3) is 5.23. The number of benzene rings is 2. The van der Waals surface area contributed by atoms with Gasteiger partial charge in [0, 0.05) is 23.7 Å². The Labute approximate surface area is 160 Å². The summed E-state index contributed by atoms with van der Waals surface area (Å²) in [6.07, 6.45) is 3.46. The van der Waals surface area contributed by atoms with Gasteiger partial charge in [0.05, 0.1) is 0 Å². The van der Waals surface area contributed by atoms with Crippen LogP contribution in [-0.4, -0.2) is 24.7 Å².